The van der Waals surface area contributed by atoms with Crippen molar-refractivity contribution in [3.8, 4) is 0 Å². The average Bonchev–Trinajstić information content (AvgIpc) is 2.72. The Balaban J connectivity index is 2.12. The van der Waals surface area contributed by atoms with E-state index in [4.69, 9.17) is 0 Å². The maximum atomic E-state index is 14.2. The minimum Gasteiger partial charge on any atom is -0.507 e. The van der Waals surface area contributed by atoms with Crippen LogP contribution in [0.5, 0.6) is 0 Å². The Labute approximate surface area is 195 Å². The number of carbonyl (C=O) groups excluding carboxylic acids is 3. The Morgan fingerprint density at radius 1 is 1.03 bits per heavy atom. The monoisotopic (exact) mass is 450 g/mol. The maximum absolute atomic E-state index is 14.2. The van der Waals surface area contributed by atoms with E-state index in [0.717, 1.165) is 22.3 Å². The molecule has 0 amide bonds. The van der Waals surface area contributed by atoms with Gasteiger partial charge in [0.1, 0.15) is 5.76 Å². The summed E-state index contributed by atoms with van der Waals surface area (Å²) in [5, 5.41) is 23.5. The highest BCUT2D eigenvalue weighted by Gasteiger charge is 2.72. The van der Waals surface area contributed by atoms with Gasteiger partial charge in [0, 0.05) is 22.0 Å². The highest BCUT2D eigenvalue weighted by Crippen LogP contribution is 2.67. The molecule has 0 heterocycles. The molecule has 5 atom stereocenters. The second-order valence-electron chi connectivity index (χ2n) is 11.0. The largest absolute Gasteiger partial charge is 0.507 e. The number of benzene rings is 1. The lowest BCUT2D eigenvalue weighted by Gasteiger charge is -2.62. The van der Waals surface area contributed by atoms with E-state index < -0.39 is 33.8 Å². The number of hydrogen-bond acceptors (Lipinski definition) is 5. The molecular weight excluding hydrogens is 416 g/mol. The van der Waals surface area contributed by atoms with Crippen molar-refractivity contribution in [3.05, 3.63) is 50.6 Å². The summed E-state index contributed by atoms with van der Waals surface area (Å²) < 4.78 is 0. The summed E-state index contributed by atoms with van der Waals surface area (Å²) in [7, 11) is 0. The molecule has 5 heteroatoms. The molecule has 33 heavy (non-hydrogen) atoms. The number of hydrogen-bond donors (Lipinski definition) is 2. The summed E-state index contributed by atoms with van der Waals surface area (Å²) in [6.07, 6.45) is 0.256. The van der Waals surface area contributed by atoms with E-state index in [1.54, 1.807) is 13.8 Å². The van der Waals surface area contributed by atoms with Crippen LogP contribution in [-0.4, -0.2) is 33.2 Å². The standard InChI is InChI=1S/C28H34O5/c1-12-10-19-16(5)27(9)18(7)26(8)11-13(2)20(17(6)29)24(31)28(26,33)25(32)22(27)23(30)21(19)15(4)14(12)3/h10,16,18,30,33H,11H2,1-9H3/t16-,18+,26+,27-,28+/m1/s1. The van der Waals surface area contributed by atoms with Gasteiger partial charge in [-0.25, -0.2) is 0 Å². The molecule has 0 radical (unpaired) electrons. The summed E-state index contributed by atoms with van der Waals surface area (Å²) >= 11 is 0. The van der Waals surface area contributed by atoms with Crippen LogP contribution >= 0.6 is 0 Å². The lowest BCUT2D eigenvalue weighted by molar-refractivity contribution is -0.182. The maximum Gasteiger partial charge on any atom is 0.206 e. The van der Waals surface area contributed by atoms with Crippen LogP contribution in [0.2, 0.25) is 0 Å². The summed E-state index contributed by atoms with van der Waals surface area (Å²) in [5.74, 6) is -2.69. The highest BCUT2D eigenvalue weighted by atomic mass is 16.3. The van der Waals surface area contributed by atoms with Gasteiger partial charge in [-0.05, 0) is 75.1 Å². The first-order valence-electron chi connectivity index (χ1n) is 11.7. The van der Waals surface area contributed by atoms with Crippen molar-refractivity contribution in [3.63, 3.8) is 0 Å². The normalized spacial score (nSPS) is 35.9. The molecule has 0 spiro atoms. The smallest absolute Gasteiger partial charge is 0.206 e. The quantitative estimate of drug-likeness (QED) is 0.472. The zero-order valence-corrected chi connectivity index (χ0v) is 21.1. The first-order chi connectivity index (χ1) is 15.1. The van der Waals surface area contributed by atoms with Gasteiger partial charge in [0.25, 0.3) is 0 Å². The molecule has 1 aromatic carbocycles. The van der Waals surface area contributed by atoms with Crippen LogP contribution in [0.15, 0.2) is 22.8 Å². The number of rotatable bonds is 1. The molecule has 1 saturated carbocycles. The number of aryl methyl sites for hydroxylation is 1. The molecule has 3 aliphatic rings. The van der Waals surface area contributed by atoms with Crippen LogP contribution in [-0.2, 0) is 14.4 Å². The van der Waals surface area contributed by atoms with E-state index >= 15 is 0 Å². The number of aliphatic hydroxyl groups is 2. The van der Waals surface area contributed by atoms with Crippen molar-refractivity contribution in [1.82, 2.24) is 0 Å². The van der Waals surface area contributed by atoms with Gasteiger partial charge < -0.3 is 10.2 Å². The number of fused-ring (bicyclic) bond motifs is 3. The third kappa shape index (κ3) is 2.44. The average molecular weight is 451 g/mol. The molecule has 3 aliphatic carbocycles. The van der Waals surface area contributed by atoms with Crippen molar-refractivity contribution < 1.29 is 24.6 Å². The zero-order valence-electron chi connectivity index (χ0n) is 21.1. The lowest BCUT2D eigenvalue weighted by atomic mass is 9.40. The van der Waals surface area contributed by atoms with Crippen molar-refractivity contribution in [2.75, 3.05) is 0 Å². The number of carbonyl (C=O) groups is 3. The lowest BCUT2D eigenvalue weighted by Crippen LogP contribution is -2.71. The number of ketones is 3. The van der Waals surface area contributed by atoms with Gasteiger partial charge in [0.15, 0.2) is 11.4 Å². The predicted molar refractivity (Wildman–Crippen MR) is 127 cm³/mol. The van der Waals surface area contributed by atoms with E-state index in [9.17, 15) is 24.6 Å². The molecule has 176 valence electrons. The molecule has 4 rings (SSSR count). The summed E-state index contributed by atoms with van der Waals surface area (Å²) in [6.45, 7) is 16.7. The molecule has 2 N–H and O–H groups in total. The highest BCUT2D eigenvalue weighted by molar-refractivity contribution is 6.33. The fraction of sp³-hybridized carbons (Fsp3) is 0.536. The van der Waals surface area contributed by atoms with E-state index in [-0.39, 0.29) is 35.2 Å². The van der Waals surface area contributed by atoms with Crippen molar-refractivity contribution in [2.45, 2.75) is 80.3 Å². The van der Waals surface area contributed by atoms with E-state index in [0.29, 0.717) is 11.1 Å². The van der Waals surface area contributed by atoms with Gasteiger partial charge >= 0.3 is 0 Å². The van der Waals surface area contributed by atoms with Crippen LogP contribution in [0.25, 0.3) is 5.76 Å². The Morgan fingerprint density at radius 2 is 1.61 bits per heavy atom. The van der Waals surface area contributed by atoms with Crippen molar-refractivity contribution in [2.24, 2.45) is 16.7 Å². The predicted octanol–water partition coefficient (Wildman–Crippen LogP) is 4.84. The minimum atomic E-state index is -2.40. The topological polar surface area (TPSA) is 91.7 Å². The fourth-order valence-electron chi connectivity index (χ4n) is 7.17. The Morgan fingerprint density at radius 3 is 2.15 bits per heavy atom. The molecule has 0 bridgehead atoms. The van der Waals surface area contributed by atoms with Gasteiger partial charge in [-0.3, -0.25) is 14.4 Å². The minimum absolute atomic E-state index is 0.0916. The Kier molecular flexibility index (Phi) is 4.83. The van der Waals surface area contributed by atoms with Crippen LogP contribution in [0.4, 0.5) is 0 Å². The molecular formula is C28H34O5. The number of allylic oxidation sites excluding steroid dienone is 1. The van der Waals surface area contributed by atoms with Gasteiger partial charge in [-0.2, -0.15) is 0 Å². The number of Topliss-reactive ketones (excluding diaryl/α,β-unsaturated/α-hetero) is 3. The molecule has 1 fully saturated rings. The van der Waals surface area contributed by atoms with Crippen LogP contribution < -0.4 is 0 Å². The summed E-state index contributed by atoms with van der Waals surface area (Å²) in [4.78, 5) is 40.1. The van der Waals surface area contributed by atoms with E-state index in [2.05, 4.69) is 13.0 Å². The zero-order chi connectivity index (χ0) is 25.0. The van der Waals surface area contributed by atoms with Crippen LogP contribution in [0, 0.1) is 37.5 Å². The van der Waals surface area contributed by atoms with Crippen molar-refractivity contribution in [1.29, 1.82) is 0 Å². The Bertz CT molecular complexity index is 1230. The van der Waals surface area contributed by atoms with Gasteiger partial charge in [0.2, 0.25) is 11.6 Å². The van der Waals surface area contributed by atoms with Gasteiger partial charge in [-0.1, -0.05) is 39.3 Å². The molecule has 0 unspecified atom stereocenters. The molecule has 0 aromatic heterocycles. The molecule has 0 saturated heterocycles. The van der Waals surface area contributed by atoms with Crippen LogP contribution in [0.3, 0.4) is 0 Å². The molecule has 1 aromatic rings. The second kappa shape index (κ2) is 6.75. The SMILES string of the molecule is CC(=O)C1=C(C)C[C@@]2(C)[C@H](C)[C@]3(C)C(=C(O)c4c(cc(C)c(C)c4C)[C@H]3C)C(=O)[C@@]2(O)C1=O. The van der Waals surface area contributed by atoms with E-state index in [1.807, 2.05) is 34.6 Å². The first kappa shape index (κ1) is 23.6. The first-order valence-corrected chi connectivity index (χ1v) is 11.7. The third-order valence-corrected chi connectivity index (χ3v) is 9.77. The summed E-state index contributed by atoms with van der Waals surface area (Å²) in [5.41, 5.74) is 0.922. The van der Waals surface area contributed by atoms with Gasteiger partial charge in [-0.15, -0.1) is 0 Å². The summed E-state index contributed by atoms with van der Waals surface area (Å²) in [6, 6.07) is 2.09. The molecule has 0 aliphatic heterocycles. The van der Waals surface area contributed by atoms with Gasteiger partial charge in [0.05, 0.1) is 5.57 Å². The van der Waals surface area contributed by atoms with Crippen molar-refractivity contribution >= 4 is 23.1 Å². The van der Waals surface area contributed by atoms with E-state index in [1.165, 1.54) is 6.92 Å². The van der Waals surface area contributed by atoms with Crippen LogP contribution in [0.1, 0.15) is 81.7 Å². The second-order valence-corrected chi connectivity index (χ2v) is 11.0. The molecule has 5 nitrogen and oxygen atoms in total. The fourth-order valence-corrected chi connectivity index (χ4v) is 7.17. The Hall–Kier alpha value is -2.53. The number of aliphatic hydroxyl groups excluding tert-OH is 1. The third-order valence-electron chi connectivity index (χ3n) is 9.77.